The zero-order chi connectivity index (χ0) is 9.84. The summed E-state index contributed by atoms with van der Waals surface area (Å²) < 4.78 is 0.927. The predicted octanol–water partition coefficient (Wildman–Crippen LogP) is 2.25. The van der Waals surface area contributed by atoms with Crippen molar-refractivity contribution in [2.45, 2.75) is 13.0 Å². The Labute approximate surface area is 88.9 Å². The number of hydrogen-bond acceptors (Lipinski definition) is 3. The van der Waals surface area contributed by atoms with E-state index in [-0.39, 0.29) is 0 Å². The average molecular weight is 264 g/mol. The third kappa shape index (κ3) is 2.79. The number of likely N-dealkylation sites (N-methyl/N-ethyl adjacent to an activating group) is 1. The molecule has 1 aromatic rings. The fourth-order valence-corrected chi connectivity index (χ4v) is 2.50. The molecular weight excluding hydrogens is 254 g/mol. The van der Waals surface area contributed by atoms with E-state index in [9.17, 15) is 4.79 Å². The van der Waals surface area contributed by atoms with Gasteiger partial charge < -0.3 is 10.4 Å². The third-order valence-corrected chi connectivity index (χ3v) is 3.29. The number of thiophene rings is 1. The van der Waals surface area contributed by atoms with Crippen LogP contribution in [0.3, 0.4) is 0 Å². The number of hydrogen-bond donors (Lipinski definition) is 2. The first-order chi connectivity index (χ1) is 6.15. The fourth-order valence-electron chi connectivity index (χ4n) is 0.993. The first-order valence-electron chi connectivity index (χ1n) is 3.85. The second-order valence-corrected chi connectivity index (χ2v) is 4.35. The monoisotopic (exact) mass is 263 g/mol. The van der Waals surface area contributed by atoms with Gasteiger partial charge in [0.15, 0.2) is 0 Å². The molecule has 0 amide bonds. The van der Waals surface area contributed by atoms with Gasteiger partial charge in [-0.05, 0) is 28.5 Å². The van der Waals surface area contributed by atoms with Gasteiger partial charge in [-0.1, -0.05) is 6.92 Å². The maximum absolute atomic E-state index is 10.8. The van der Waals surface area contributed by atoms with Gasteiger partial charge in [-0.2, -0.15) is 0 Å². The van der Waals surface area contributed by atoms with Gasteiger partial charge in [0.25, 0.3) is 0 Å². The summed E-state index contributed by atoms with van der Waals surface area (Å²) in [7, 11) is 0. The first-order valence-corrected chi connectivity index (χ1v) is 5.52. The minimum atomic E-state index is -0.837. The van der Waals surface area contributed by atoms with Crippen LogP contribution in [0.5, 0.6) is 0 Å². The van der Waals surface area contributed by atoms with Gasteiger partial charge in [0.1, 0.15) is 6.04 Å². The standard InChI is InChI=1S/C8H10BrNO2S/c1-2-10-7(8(11)12)6-3-5(9)4-13-6/h3-4,7,10H,2H2,1H3,(H,11,12). The zero-order valence-corrected chi connectivity index (χ0v) is 9.48. The topological polar surface area (TPSA) is 49.3 Å². The molecule has 0 radical (unpaired) electrons. The Kier molecular flexibility index (Phi) is 3.90. The largest absolute Gasteiger partial charge is 0.480 e. The lowest BCUT2D eigenvalue weighted by molar-refractivity contribution is -0.139. The third-order valence-electron chi connectivity index (χ3n) is 1.53. The van der Waals surface area contributed by atoms with E-state index in [1.807, 2.05) is 18.4 Å². The molecule has 13 heavy (non-hydrogen) atoms. The van der Waals surface area contributed by atoms with E-state index < -0.39 is 12.0 Å². The number of aliphatic carboxylic acids is 1. The molecule has 0 spiro atoms. The molecule has 2 N–H and O–H groups in total. The van der Waals surface area contributed by atoms with Crippen LogP contribution in [0.1, 0.15) is 17.8 Å². The maximum Gasteiger partial charge on any atom is 0.326 e. The van der Waals surface area contributed by atoms with Crippen molar-refractivity contribution >= 4 is 33.2 Å². The van der Waals surface area contributed by atoms with Crippen LogP contribution < -0.4 is 5.32 Å². The molecule has 0 aliphatic carbocycles. The normalized spacial score (nSPS) is 12.8. The predicted molar refractivity (Wildman–Crippen MR) is 56.1 cm³/mol. The molecule has 0 aliphatic heterocycles. The molecule has 3 nitrogen and oxygen atoms in total. The molecule has 1 unspecified atom stereocenters. The fraction of sp³-hybridized carbons (Fsp3) is 0.375. The minimum Gasteiger partial charge on any atom is -0.480 e. The van der Waals surface area contributed by atoms with Crippen LogP contribution in [-0.4, -0.2) is 17.6 Å². The summed E-state index contributed by atoms with van der Waals surface area (Å²) in [4.78, 5) is 11.6. The van der Waals surface area contributed by atoms with Crippen LogP contribution >= 0.6 is 27.3 Å². The highest BCUT2D eigenvalue weighted by Crippen LogP contribution is 2.25. The minimum absolute atomic E-state index is 0.582. The molecule has 0 saturated carbocycles. The summed E-state index contributed by atoms with van der Waals surface area (Å²) in [5, 5.41) is 13.7. The molecule has 0 saturated heterocycles. The van der Waals surface area contributed by atoms with Crippen LogP contribution in [-0.2, 0) is 4.79 Å². The number of carboxylic acid groups (broad SMARTS) is 1. The molecule has 1 aromatic heterocycles. The molecule has 1 rings (SSSR count). The number of halogens is 1. The Morgan fingerprint density at radius 3 is 2.92 bits per heavy atom. The number of rotatable bonds is 4. The quantitative estimate of drug-likeness (QED) is 0.876. The highest BCUT2D eigenvalue weighted by atomic mass is 79.9. The second kappa shape index (κ2) is 4.74. The van der Waals surface area contributed by atoms with Gasteiger partial charge in [-0.15, -0.1) is 11.3 Å². The van der Waals surface area contributed by atoms with Gasteiger partial charge >= 0.3 is 5.97 Å². The molecule has 0 aromatic carbocycles. The second-order valence-electron chi connectivity index (χ2n) is 2.50. The maximum atomic E-state index is 10.8. The lowest BCUT2D eigenvalue weighted by Crippen LogP contribution is -2.27. The SMILES string of the molecule is CCNC(C(=O)O)c1cc(Br)cs1. The van der Waals surface area contributed by atoms with Crippen molar-refractivity contribution in [2.24, 2.45) is 0 Å². The average Bonchev–Trinajstić information content (AvgIpc) is 2.46. The molecule has 1 heterocycles. The smallest absolute Gasteiger partial charge is 0.326 e. The summed E-state index contributed by atoms with van der Waals surface area (Å²) in [6.45, 7) is 2.53. The molecule has 0 fully saturated rings. The van der Waals surface area contributed by atoms with Gasteiger partial charge in [0.2, 0.25) is 0 Å². The lowest BCUT2D eigenvalue weighted by Gasteiger charge is -2.09. The Hall–Kier alpha value is -0.390. The highest BCUT2D eigenvalue weighted by molar-refractivity contribution is 9.10. The Balaban J connectivity index is 2.81. The summed E-state index contributed by atoms with van der Waals surface area (Å²) in [6, 6.07) is 1.24. The summed E-state index contributed by atoms with van der Waals surface area (Å²) in [6.07, 6.45) is 0. The van der Waals surface area contributed by atoms with Crippen LogP contribution in [0.2, 0.25) is 0 Å². The molecule has 1 atom stereocenters. The van der Waals surface area contributed by atoms with Crippen LogP contribution in [0.25, 0.3) is 0 Å². The van der Waals surface area contributed by atoms with E-state index in [0.29, 0.717) is 6.54 Å². The van der Waals surface area contributed by atoms with Crippen molar-refractivity contribution in [1.29, 1.82) is 0 Å². The van der Waals surface area contributed by atoms with Crippen molar-refractivity contribution in [2.75, 3.05) is 6.54 Å². The summed E-state index contributed by atoms with van der Waals surface area (Å²) in [5.41, 5.74) is 0. The zero-order valence-electron chi connectivity index (χ0n) is 7.08. The van der Waals surface area contributed by atoms with Crippen molar-refractivity contribution < 1.29 is 9.90 Å². The van der Waals surface area contributed by atoms with E-state index in [2.05, 4.69) is 21.2 Å². The van der Waals surface area contributed by atoms with Crippen molar-refractivity contribution in [1.82, 2.24) is 5.32 Å². The van der Waals surface area contributed by atoms with Crippen molar-refractivity contribution in [3.05, 3.63) is 20.8 Å². The molecule has 0 aliphatic rings. The van der Waals surface area contributed by atoms with Crippen LogP contribution in [0, 0.1) is 0 Å². The van der Waals surface area contributed by atoms with Gasteiger partial charge in [0.05, 0.1) is 0 Å². The first kappa shape index (κ1) is 10.7. The molecule has 72 valence electrons. The van der Waals surface area contributed by atoms with E-state index in [1.165, 1.54) is 11.3 Å². The highest BCUT2D eigenvalue weighted by Gasteiger charge is 2.19. The Morgan fingerprint density at radius 2 is 2.54 bits per heavy atom. The van der Waals surface area contributed by atoms with Crippen molar-refractivity contribution in [3.8, 4) is 0 Å². The van der Waals surface area contributed by atoms with Gasteiger partial charge in [0, 0.05) is 14.7 Å². The number of carbonyl (C=O) groups is 1. The number of nitrogens with one attached hydrogen (secondary N) is 1. The molecular formula is C8H10BrNO2S. The van der Waals surface area contributed by atoms with E-state index in [0.717, 1.165) is 9.35 Å². The Bertz CT molecular complexity index is 300. The van der Waals surface area contributed by atoms with Gasteiger partial charge in [-0.25, -0.2) is 0 Å². The van der Waals surface area contributed by atoms with E-state index in [4.69, 9.17) is 5.11 Å². The Morgan fingerprint density at radius 1 is 1.85 bits per heavy atom. The summed E-state index contributed by atoms with van der Waals surface area (Å²) in [5.74, 6) is -0.837. The van der Waals surface area contributed by atoms with E-state index in [1.54, 1.807) is 0 Å². The van der Waals surface area contributed by atoms with Crippen LogP contribution in [0.4, 0.5) is 0 Å². The number of carboxylic acids is 1. The summed E-state index contributed by atoms with van der Waals surface area (Å²) >= 11 is 4.73. The lowest BCUT2D eigenvalue weighted by atomic mass is 10.2. The van der Waals surface area contributed by atoms with Crippen molar-refractivity contribution in [3.63, 3.8) is 0 Å². The van der Waals surface area contributed by atoms with E-state index >= 15 is 0 Å². The van der Waals surface area contributed by atoms with Gasteiger partial charge in [-0.3, -0.25) is 4.79 Å². The van der Waals surface area contributed by atoms with Crippen LogP contribution in [0.15, 0.2) is 15.9 Å². The molecule has 0 bridgehead atoms. The molecule has 5 heteroatoms.